The summed E-state index contributed by atoms with van der Waals surface area (Å²) >= 11 is 7.46. The summed E-state index contributed by atoms with van der Waals surface area (Å²) in [5, 5.41) is 9.94. The van der Waals surface area contributed by atoms with Gasteiger partial charge in [-0.3, -0.25) is 24.7 Å². The number of carbonyl (C=O) groups is 2. The Balaban J connectivity index is 2.14. The Hall–Kier alpha value is -1.06. The number of thioether (sulfide) groups is 1. The summed E-state index contributed by atoms with van der Waals surface area (Å²) in [6, 6.07) is 1.64. The number of nitro groups is 1. The molecule has 2 aliphatic rings. The minimum absolute atomic E-state index is 0.0871. The molecule has 1 aromatic rings. The first-order chi connectivity index (χ1) is 9.91. The van der Waals surface area contributed by atoms with E-state index in [-0.39, 0.29) is 31.6 Å². The molecule has 0 spiro atoms. The molecule has 2 unspecified atom stereocenters. The van der Waals surface area contributed by atoms with Gasteiger partial charge in [0.05, 0.1) is 25.4 Å². The summed E-state index contributed by atoms with van der Waals surface area (Å²) in [5.41, 5.74) is 0.934. The van der Waals surface area contributed by atoms with Crippen molar-refractivity contribution in [1.82, 2.24) is 4.98 Å². The third-order valence-electron chi connectivity index (χ3n) is 3.34. The Kier molecular flexibility index (Phi) is 3.74. The molecule has 9 heteroatoms. The highest BCUT2D eigenvalue weighted by Crippen LogP contribution is 2.45. The molecule has 108 valence electrons. The van der Waals surface area contributed by atoms with Crippen molar-refractivity contribution in [3.63, 3.8) is 0 Å². The highest BCUT2D eigenvalue weighted by molar-refractivity contribution is 9.24. The van der Waals surface area contributed by atoms with E-state index in [1.54, 1.807) is 6.07 Å². The van der Waals surface area contributed by atoms with Crippen LogP contribution in [0.4, 0.5) is 0 Å². The Morgan fingerprint density at radius 1 is 1.33 bits per heavy atom. The first-order valence-electron chi connectivity index (χ1n) is 5.80. The van der Waals surface area contributed by atoms with Crippen molar-refractivity contribution in [1.29, 1.82) is 0 Å². The Labute approximate surface area is 139 Å². The van der Waals surface area contributed by atoms with Gasteiger partial charge in [0.2, 0.25) is 0 Å². The Morgan fingerprint density at radius 3 is 2.67 bits per heavy atom. The summed E-state index contributed by atoms with van der Waals surface area (Å²) in [6.45, 7) is 0. The van der Waals surface area contributed by atoms with E-state index < -0.39 is 16.1 Å². The van der Waals surface area contributed by atoms with Crippen LogP contribution in [0.3, 0.4) is 0 Å². The number of allylic oxidation sites excluding steroid dienone is 1. The van der Waals surface area contributed by atoms with E-state index in [0.29, 0.717) is 5.56 Å². The van der Waals surface area contributed by atoms with E-state index in [4.69, 9.17) is 0 Å². The fraction of sp³-hybridized carbons (Fsp3) is 0.250. The Morgan fingerprint density at radius 2 is 2.05 bits per heavy atom. The number of carbonyl (C=O) groups excluding carboxylic acids is 2. The van der Waals surface area contributed by atoms with Crippen LogP contribution in [0.5, 0.6) is 0 Å². The molecule has 21 heavy (non-hydrogen) atoms. The monoisotopic (exact) mass is 432 g/mol. The van der Waals surface area contributed by atoms with Crippen LogP contribution in [0, 0.1) is 16.0 Å². The van der Waals surface area contributed by atoms with E-state index in [0.717, 1.165) is 11.8 Å². The maximum atomic E-state index is 12.6. The molecule has 6 nitrogen and oxygen atoms in total. The van der Waals surface area contributed by atoms with E-state index in [1.165, 1.54) is 12.3 Å². The summed E-state index contributed by atoms with van der Waals surface area (Å²) in [5.74, 6) is -1.44. The molecule has 0 saturated carbocycles. The smallest absolute Gasteiger partial charge is 0.293 e. The maximum absolute atomic E-state index is 12.6. The number of alkyl halides is 2. The fourth-order valence-corrected chi connectivity index (χ4v) is 4.33. The maximum Gasteiger partial charge on any atom is 0.300 e. The van der Waals surface area contributed by atoms with Gasteiger partial charge in [0.25, 0.3) is 0 Å². The number of ketones is 2. The second-order valence-corrected chi connectivity index (χ2v) is 8.70. The fourth-order valence-electron chi connectivity index (χ4n) is 2.42. The molecule has 2 heterocycles. The highest BCUT2D eigenvalue weighted by atomic mass is 79.9. The second-order valence-electron chi connectivity index (χ2n) is 4.48. The van der Waals surface area contributed by atoms with Crippen LogP contribution in [0.1, 0.15) is 30.1 Å². The zero-order valence-electron chi connectivity index (χ0n) is 10.2. The lowest BCUT2D eigenvalue weighted by molar-refractivity contribution is -0.410. The predicted octanol–water partition coefficient (Wildman–Crippen LogP) is 3.10. The zero-order valence-corrected chi connectivity index (χ0v) is 14.1. The van der Waals surface area contributed by atoms with Gasteiger partial charge < -0.3 is 0 Å². The van der Waals surface area contributed by atoms with E-state index >= 15 is 0 Å². The molecule has 1 aromatic heterocycles. The largest absolute Gasteiger partial charge is 0.300 e. The minimum Gasteiger partial charge on any atom is -0.293 e. The molecule has 2 atom stereocenters. The lowest BCUT2D eigenvalue weighted by Gasteiger charge is -2.24. The van der Waals surface area contributed by atoms with Crippen LogP contribution in [0.25, 0.3) is 0 Å². The first kappa shape index (κ1) is 14.9. The lowest BCUT2D eigenvalue weighted by Crippen LogP contribution is -2.37. The molecule has 0 bridgehead atoms. The van der Waals surface area contributed by atoms with Crippen molar-refractivity contribution in [2.75, 3.05) is 0 Å². The summed E-state index contributed by atoms with van der Waals surface area (Å²) in [4.78, 5) is 39.4. The number of aromatic nitrogens is 1. The number of pyridine rings is 1. The molecule has 1 aliphatic carbocycles. The van der Waals surface area contributed by atoms with Crippen LogP contribution in [-0.2, 0) is 0 Å². The number of hydrogen-bond donors (Lipinski definition) is 0. The number of rotatable bonds is 2. The van der Waals surface area contributed by atoms with Gasteiger partial charge in [-0.2, -0.15) is 0 Å². The van der Waals surface area contributed by atoms with Crippen molar-refractivity contribution in [3.8, 4) is 0 Å². The van der Waals surface area contributed by atoms with Crippen LogP contribution in [-0.4, -0.2) is 26.7 Å². The minimum atomic E-state index is -0.803. The van der Waals surface area contributed by atoms with Gasteiger partial charge in [-0.1, -0.05) is 31.9 Å². The van der Waals surface area contributed by atoms with Crippen LogP contribution < -0.4 is 0 Å². The molecule has 0 aromatic carbocycles. The van der Waals surface area contributed by atoms with Crippen molar-refractivity contribution in [2.24, 2.45) is 5.92 Å². The molecular formula is C12H6Br2N2O4S. The first-order valence-corrected chi connectivity index (χ1v) is 8.51. The summed E-state index contributed by atoms with van der Waals surface area (Å²) < 4.78 is -0.301. The molecule has 0 saturated heterocycles. The van der Waals surface area contributed by atoms with Crippen molar-refractivity contribution >= 4 is 55.2 Å². The standard InChI is InChI=1S/C12H6Br2N2O4S/c13-12(14)4-1-2-15-8-7(4)10(18)11-5(9(8)17)3-6(21-11)16(19)20/h1-3,5,11-12H. The summed E-state index contributed by atoms with van der Waals surface area (Å²) in [7, 11) is 0. The second kappa shape index (κ2) is 5.29. The molecule has 0 radical (unpaired) electrons. The van der Waals surface area contributed by atoms with E-state index in [9.17, 15) is 19.7 Å². The number of Topliss-reactive ketones (excluding diaryl/α,β-unsaturated/α-hetero) is 2. The third kappa shape index (κ3) is 2.27. The van der Waals surface area contributed by atoms with E-state index in [1.807, 2.05) is 0 Å². The number of hydrogen-bond acceptors (Lipinski definition) is 6. The quantitative estimate of drug-likeness (QED) is 0.404. The van der Waals surface area contributed by atoms with Gasteiger partial charge in [0.15, 0.2) is 11.6 Å². The average molecular weight is 434 g/mol. The van der Waals surface area contributed by atoms with E-state index in [2.05, 4.69) is 36.8 Å². The lowest BCUT2D eigenvalue weighted by atomic mass is 9.82. The predicted molar refractivity (Wildman–Crippen MR) is 83.4 cm³/mol. The zero-order chi connectivity index (χ0) is 15.3. The van der Waals surface area contributed by atoms with Crippen LogP contribution >= 0.6 is 43.6 Å². The van der Waals surface area contributed by atoms with Crippen LogP contribution in [0.2, 0.25) is 0 Å². The molecule has 0 amide bonds. The Bertz CT molecular complexity index is 719. The molecule has 0 N–H and O–H groups in total. The molecule has 1 aliphatic heterocycles. The van der Waals surface area contributed by atoms with Crippen molar-refractivity contribution < 1.29 is 14.5 Å². The number of halogens is 2. The van der Waals surface area contributed by atoms with Gasteiger partial charge in [-0.25, -0.2) is 0 Å². The van der Waals surface area contributed by atoms with Crippen LogP contribution in [0.15, 0.2) is 23.4 Å². The molecular weight excluding hydrogens is 428 g/mol. The van der Waals surface area contributed by atoms with Gasteiger partial charge >= 0.3 is 5.03 Å². The molecule has 3 rings (SSSR count). The van der Waals surface area contributed by atoms with Gasteiger partial charge in [-0.15, -0.1) is 0 Å². The third-order valence-corrected chi connectivity index (χ3v) is 5.61. The number of fused-ring (bicyclic) bond motifs is 2. The van der Waals surface area contributed by atoms with Crippen molar-refractivity contribution in [2.45, 2.75) is 8.99 Å². The van der Waals surface area contributed by atoms with Gasteiger partial charge in [0, 0.05) is 12.3 Å². The van der Waals surface area contributed by atoms with Gasteiger partial charge in [-0.05, 0) is 23.4 Å². The number of nitrogens with zero attached hydrogens (tertiary/aromatic N) is 2. The highest BCUT2D eigenvalue weighted by Gasteiger charge is 2.49. The van der Waals surface area contributed by atoms with Crippen molar-refractivity contribution in [3.05, 3.63) is 50.3 Å². The SMILES string of the molecule is O=C1c2nccc(C(Br)Br)c2C(=O)C2SC([N+](=O)[O-])=CC12. The molecule has 0 fully saturated rings. The van der Waals surface area contributed by atoms with Gasteiger partial charge in [0.1, 0.15) is 5.69 Å². The normalized spacial score (nSPS) is 23.9. The topological polar surface area (TPSA) is 90.2 Å². The average Bonchev–Trinajstić information content (AvgIpc) is 2.89. The summed E-state index contributed by atoms with van der Waals surface area (Å²) in [6.07, 6.45) is 2.71.